The van der Waals surface area contributed by atoms with Gasteiger partial charge in [0.1, 0.15) is 12.5 Å². The van der Waals surface area contributed by atoms with E-state index in [0.29, 0.717) is 56.0 Å². The van der Waals surface area contributed by atoms with Gasteiger partial charge >= 0.3 is 6.01 Å². The third-order valence-electron chi connectivity index (χ3n) is 10.0. The number of rotatable bonds is 11. The average Bonchev–Trinajstić information content (AvgIpc) is 3.74. The van der Waals surface area contributed by atoms with Crippen LogP contribution in [0.2, 0.25) is 5.02 Å². The molecule has 3 aromatic rings. The molecule has 3 fully saturated rings. The molecule has 7 rings (SSSR count). The van der Waals surface area contributed by atoms with Gasteiger partial charge in [-0.1, -0.05) is 35.9 Å². The lowest BCUT2D eigenvalue weighted by Crippen LogP contribution is -2.55. The predicted molar refractivity (Wildman–Crippen MR) is 183 cm³/mol. The Morgan fingerprint density at radius 2 is 2.00 bits per heavy atom. The normalized spacial score (nSPS) is 22.4. The summed E-state index contributed by atoms with van der Waals surface area (Å²) in [7, 11) is 0. The number of allylic oxidation sites excluding steroid dienone is 1. The van der Waals surface area contributed by atoms with Crippen molar-refractivity contribution in [3.8, 4) is 12.1 Å². The highest BCUT2D eigenvalue weighted by molar-refractivity contribution is 6.36. The molecule has 3 atom stereocenters. The number of benzene rings is 2. The molecule has 48 heavy (non-hydrogen) atoms. The van der Waals surface area contributed by atoms with E-state index in [1.165, 1.54) is 12.2 Å². The zero-order valence-electron chi connectivity index (χ0n) is 27.1. The minimum absolute atomic E-state index is 0.169. The van der Waals surface area contributed by atoms with E-state index in [1.54, 1.807) is 4.90 Å². The third kappa shape index (κ3) is 6.79. The second-order valence-corrected chi connectivity index (χ2v) is 13.4. The number of carbonyl (C=O) groups excluding carboxylic acids is 1. The summed E-state index contributed by atoms with van der Waals surface area (Å²) in [6.07, 6.45) is 6.82. The van der Waals surface area contributed by atoms with Gasteiger partial charge in [0.15, 0.2) is 0 Å². The van der Waals surface area contributed by atoms with Crippen LogP contribution in [0.15, 0.2) is 48.6 Å². The standard InChI is InChI=1S/C36H41ClFN7O3/c37-30-8-3-6-25-7-4-9-32(34(25)30)43-16-12-29-31(23-43)40-36(47-19-2-1-15-42-22-28-20-27(42)24-48-28)41-35(29)44-17-18-45(26(21-44)11-14-39)33(46)10-5-13-38/h3-10,26-28H,1-2,11-13,15-24H2/b10-5+/t26-,27-,28-/m0/s1. The van der Waals surface area contributed by atoms with Crippen LogP contribution in [-0.2, 0) is 22.5 Å². The number of morpholine rings is 1. The van der Waals surface area contributed by atoms with E-state index >= 15 is 0 Å². The quantitative estimate of drug-likeness (QED) is 0.207. The first-order chi connectivity index (χ1) is 23.5. The first-order valence-electron chi connectivity index (χ1n) is 17.0. The molecule has 0 aliphatic carbocycles. The number of piperazine rings is 1. The molecule has 0 unspecified atom stereocenters. The maximum Gasteiger partial charge on any atom is 0.318 e. The number of anilines is 2. The molecule has 1 aromatic heterocycles. The number of hydrogen-bond acceptors (Lipinski definition) is 9. The van der Waals surface area contributed by atoms with E-state index in [0.717, 1.165) is 85.5 Å². The Morgan fingerprint density at radius 3 is 2.79 bits per heavy atom. The summed E-state index contributed by atoms with van der Waals surface area (Å²) in [4.78, 5) is 31.4. The van der Waals surface area contributed by atoms with Crippen molar-refractivity contribution in [2.24, 2.45) is 0 Å². The van der Waals surface area contributed by atoms with E-state index in [-0.39, 0.29) is 18.4 Å². The van der Waals surface area contributed by atoms with Crippen molar-refractivity contribution in [1.29, 1.82) is 5.26 Å². The highest BCUT2D eigenvalue weighted by atomic mass is 35.5. The van der Waals surface area contributed by atoms with Crippen molar-refractivity contribution in [1.82, 2.24) is 19.8 Å². The molecular weight excluding hydrogens is 633 g/mol. The van der Waals surface area contributed by atoms with Gasteiger partial charge in [-0.05, 0) is 55.8 Å². The summed E-state index contributed by atoms with van der Waals surface area (Å²) in [5, 5.41) is 12.4. The fraction of sp³-hybridized carbons (Fsp3) is 0.500. The Morgan fingerprint density at radius 1 is 1.12 bits per heavy atom. The monoisotopic (exact) mass is 673 g/mol. The van der Waals surface area contributed by atoms with Gasteiger partial charge in [-0.15, -0.1) is 0 Å². The number of likely N-dealkylation sites (tertiary alicyclic amines) is 1. The fourth-order valence-electron chi connectivity index (χ4n) is 7.65. The van der Waals surface area contributed by atoms with E-state index in [9.17, 15) is 14.4 Å². The molecule has 4 aliphatic heterocycles. The Labute approximate surface area is 285 Å². The van der Waals surface area contributed by atoms with Crippen LogP contribution < -0.4 is 14.5 Å². The Kier molecular flexibility index (Phi) is 9.93. The smallest absolute Gasteiger partial charge is 0.318 e. The minimum Gasteiger partial charge on any atom is -0.463 e. The first kappa shape index (κ1) is 32.6. The maximum absolute atomic E-state index is 12.8. The summed E-state index contributed by atoms with van der Waals surface area (Å²) in [6, 6.07) is 15.0. The summed E-state index contributed by atoms with van der Waals surface area (Å²) in [5.74, 6) is 0.521. The second-order valence-electron chi connectivity index (χ2n) is 13.0. The van der Waals surface area contributed by atoms with Gasteiger partial charge in [-0.25, -0.2) is 4.39 Å². The molecule has 0 N–H and O–H groups in total. The van der Waals surface area contributed by atoms with E-state index < -0.39 is 6.67 Å². The SMILES string of the molecule is N#CC[C@H]1CN(c2nc(OCCCCN3C[C@@H]4C[C@H]3CO4)nc3c2CCN(c2cccc4cccc(Cl)c24)C3)CCN1C(=O)/C=C/CF. The van der Waals surface area contributed by atoms with Crippen LogP contribution >= 0.6 is 11.6 Å². The summed E-state index contributed by atoms with van der Waals surface area (Å²) >= 11 is 6.72. The van der Waals surface area contributed by atoms with Crippen LogP contribution in [0.4, 0.5) is 15.9 Å². The average molecular weight is 674 g/mol. The molecule has 3 saturated heterocycles. The number of fused-ring (bicyclic) bond motifs is 4. The topological polar surface area (TPSA) is 98.1 Å². The third-order valence-corrected chi connectivity index (χ3v) is 10.3. The zero-order chi connectivity index (χ0) is 33.0. The maximum atomic E-state index is 12.8. The molecule has 5 heterocycles. The van der Waals surface area contributed by atoms with Crippen LogP contribution in [0.1, 0.15) is 36.9 Å². The van der Waals surface area contributed by atoms with Crippen molar-refractivity contribution in [3.05, 3.63) is 64.8 Å². The lowest BCUT2D eigenvalue weighted by molar-refractivity contribution is -0.128. The predicted octanol–water partition coefficient (Wildman–Crippen LogP) is 4.93. The highest BCUT2D eigenvalue weighted by Gasteiger charge is 2.38. The van der Waals surface area contributed by atoms with Gasteiger partial charge in [0.05, 0.1) is 55.1 Å². The van der Waals surface area contributed by atoms with E-state index in [1.807, 2.05) is 12.1 Å². The molecule has 1 amide bonds. The molecule has 0 saturated carbocycles. The number of alkyl halides is 1. The molecule has 12 heteroatoms. The summed E-state index contributed by atoms with van der Waals surface area (Å²) < 4.78 is 24.7. The largest absolute Gasteiger partial charge is 0.463 e. The molecule has 4 aliphatic rings. The summed E-state index contributed by atoms with van der Waals surface area (Å²) in [6.45, 7) is 5.42. The molecule has 252 valence electrons. The van der Waals surface area contributed by atoms with Gasteiger partial charge in [0, 0.05) is 61.5 Å². The number of unbranched alkanes of at least 4 members (excludes halogenated alkanes) is 1. The number of nitrogens with zero attached hydrogens (tertiary/aromatic N) is 7. The fourth-order valence-corrected chi connectivity index (χ4v) is 7.93. The van der Waals surface area contributed by atoms with Crippen LogP contribution in [0.3, 0.4) is 0 Å². The number of halogens is 2. The number of hydrogen-bond donors (Lipinski definition) is 0. The van der Waals surface area contributed by atoms with Crippen LogP contribution in [0.5, 0.6) is 6.01 Å². The number of carbonyl (C=O) groups is 1. The van der Waals surface area contributed by atoms with Crippen molar-refractivity contribution >= 4 is 39.8 Å². The minimum atomic E-state index is -0.708. The Balaban J connectivity index is 1.12. The zero-order valence-corrected chi connectivity index (χ0v) is 27.8. The van der Waals surface area contributed by atoms with Gasteiger partial charge in [-0.2, -0.15) is 15.2 Å². The van der Waals surface area contributed by atoms with Gasteiger partial charge < -0.3 is 24.2 Å². The van der Waals surface area contributed by atoms with Gasteiger partial charge in [0.25, 0.3) is 0 Å². The van der Waals surface area contributed by atoms with Crippen molar-refractivity contribution in [2.75, 3.05) is 69.0 Å². The van der Waals surface area contributed by atoms with Crippen molar-refractivity contribution in [2.45, 2.75) is 56.8 Å². The van der Waals surface area contributed by atoms with Crippen molar-refractivity contribution < 1.29 is 18.7 Å². The number of ether oxygens (including phenoxy) is 2. The number of amides is 1. The van der Waals surface area contributed by atoms with Gasteiger partial charge in [0.2, 0.25) is 5.91 Å². The first-order valence-corrected chi connectivity index (χ1v) is 17.4. The van der Waals surface area contributed by atoms with E-state index in [2.05, 4.69) is 45.0 Å². The lowest BCUT2D eigenvalue weighted by Gasteiger charge is -2.42. The summed E-state index contributed by atoms with van der Waals surface area (Å²) in [5.41, 5.74) is 3.03. The van der Waals surface area contributed by atoms with Crippen molar-refractivity contribution in [3.63, 3.8) is 0 Å². The van der Waals surface area contributed by atoms with Gasteiger partial charge in [-0.3, -0.25) is 9.69 Å². The molecule has 2 aromatic carbocycles. The Hall–Kier alpha value is -3.98. The van der Waals surface area contributed by atoms with Crippen LogP contribution in [0.25, 0.3) is 10.8 Å². The Bertz CT molecular complexity index is 1710. The number of aromatic nitrogens is 2. The molecule has 0 spiro atoms. The molecule has 10 nitrogen and oxygen atoms in total. The highest BCUT2D eigenvalue weighted by Crippen LogP contribution is 2.37. The molecule has 2 bridgehead atoms. The van der Waals surface area contributed by atoms with Crippen LogP contribution in [0, 0.1) is 11.3 Å². The second kappa shape index (κ2) is 14.6. The number of nitriles is 1. The van der Waals surface area contributed by atoms with E-state index in [4.69, 9.17) is 31.0 Å². The molecule has 0 radical (unpaired) electrons. The molecular formula is C36H41ClFN7O3. The van der Waals surface area contributed by atoms with Crippen LogP contribution in [-0.4, -0.2) is 103 Å². The lowest BCUT2D eigenvalue weighted by atomic mass is 10.0.